The summed E-state index contributed by atoms with van der Waals surface area (Å²) in [6, 6.07) is 0. The molecule has 0 saturated carbocycles. The van der Waals surface area contributed by atoms with Crippen LogP contribution in [0, 0.1) is 11.8 Å². The zero-order chi connectivity index (χ0) is 13.1. The first-order chi connectivity index (χ1) is 9.33. The van der Waals surface area contributed by atoms with Crippen LogP contribution in [0.15, 0.2) is 29.3 Å². The first kappa shape index (κ1) is 13.2. The van der Waals surface area contributed by atoms with E-state index in [1.807, 2.05) is 0 Å². The van der Waals surface area contributed by atoms with E-state index in [9.17, 15) is 0 Å². The molecule has 19 heavy (non-hydrogen) atoms. The second-order valence-corrected chi connectivity index (χ2v) is 6.08. The van der Waals surface area contributed by atoms with Crippen molar-refractivity contribution in [2.45, 2.75) is 50.9 Å². The molecule has 3 nitrogen and oxygen atoms in total. The quantitative estimate of drug-likeness (QED) is 0.602. The van der Waals surface area contributed by atoms with E-state index in [-0.39, 0.29) is 12.3 Å². The Morgan fingerprint density at radius 3 is 2.84 bits per heavy atom. The third kappa shape index (κ3) is 3.21. The largest absolute Gasteiger partial charge is 0.345 e. The highest BCUT2D eigenvalue weighted by Gasteiger charge is 2.31. The molecule has 4 unspecified atom stereocenters. The molecule has 3 rings (SSSR count). The van der Waals surface area contributed by atoms with E-state index in [1.165, 1.54) is 25.7 Å². The van der Waals surface area contributed by atoms with Gasteiger partial charge in [0.2, 0.25) is 0 Å². The van der Waals surface area contributed by atoms with Gasteiger partial charge in [0.15, 0.2) is 5.29 Å². The number of nitrogens with zero attached hydrogens (tertiary/aromatic N) is 1. The highest BCUT2D eigenvalue weighted by molar-refractivity contribution is 6.64. The topological polar surface area (TPSA) is 36.4 Å². The number of halogens is 1. The Morgan fingerprint density at radius 1 is 1.16 bits per heavy atom. The monoisotopic (exact) mass is 279 g/mol. The molecule has 0 aromatic carbocycles. The lowest BCUT2D eigenvalue weighted by atomic mass is 9.89. The molecule has 0 fully saturated rings. The van der Waals surface area contributed by atoms with Crippen LogP contribution in [-0.2, 0) is 0 Å². The molecule has 4 atom stereocenters. The van der Waals surface area contributed by atoms with Gasteiger partial charge in [0, 0.05) is 5.92 Å². The standard InChI is InChI=1S/C15H22ClN3/c16-15-18-13(11-7-3-1-4-8-11)17-14(19-15)12-9-5-2-6-10-12/h1,3,5,9,11-14,17H,2,4,6-8,10H2,(H,18,19). The zero-order valence-corrected chi connectivity index (χ0v) is 11.9. The smallest absolute Gasteiger partial charge is 0.194 e. The summed E-state index contributed by atoms with van der Waals surface area (Å²) in [6.45, 7) is 0. The first-order valence-electron chi connectivity index (χ1n) is 7.40. The Balaban J connectivity index is 1.68. The first-order valence-corrected chi connectivity index (χ1v) is 7.78. The molecular formula is C15H22ClN3. The second-order valence-electron chi connectivity index (χ2n) is 5.72. The van der Waals surface area contributed by atoms with Gasteiger partial charge in [-0.25, -0.2) is 4.99 Å². The second kappa shape index (κ2) is 6.10. The molecule has 0 spiro atoms. The van der Waals surface area contributed by atoms with Crippen molar-refractivity contribution in [1.29, 1.82) is 0 Å². The van der Waals surface area contributed by atoms with Crippen molar-refractivity contribution >= 4 is 16.9 Å². The normalized spacial score (nSPS) is 38.7. The number of allylic oxidation sites excluding steroid dienone is 3. The average Bonchev–Trinajstić information content (AvgIpc) is 2.48. The summed E-state index contributed by atoms with van der Waals surface area (Å²) in [6.07, 6.45) is 16.7. The summed E-state index contributed by atoms with van der Waals surface area (Å²) in [5.74, 6) is 1.11. The van der Waals surface area contributed by atoms with Gasteiger partial charge in [-0.3, -0.25) is 5.32 Å². The summed E-state index contributed by atoms with van der Waals surface area (Å²) < 4.78 is 0. The van der Waals surface area contributed by atoms with E-state index in [1.54, 1.807) is 0 Å². The molecule has 0 radical (unpaired) electrons. The van der Waals surface area contributed by atoms with E-state index >= 15 is 0 Å². The van der Waals surface area contributed by atoms with Gasteiger partial charge in [-0.05, 0) is 56.0 Å². The van der Waals surface area contributed by atoms with Crippen LogP contribution < -0.4 is 10.6 Å². The lowest BCUT2D eigenvalue weighted by molar-refractivity contribution is 0.247. The Bertz CT molecular complexity index is 402. The summed E-state index contributed by atoms with van der Waals surface area (Å²) >= 11 is 6.20. The fraction of sp³-hybridized carbons (Fsp3) is 0.667. The van der Waals surface area contributed by atoms with Crippen molar-refractivity contribution in [3.05, 3.63) is 24.3 Å². The van der Waals surface area contributed by atoms with Gasteiger partial charge in [-0.1, -0.05) is 24.3 Å². The molecule has 0 aromatic heterocycles. The lowest BCUT2D eigenvalue weighted by Crippen LogP contribution is -2.58. The minimum absolute atomic E-state index is 0.166. The van der Waals surface area contributed by atoms with E-state index in [0.717, 1.165) is 12.8 Å². The van der Waals surface area contributed by atoms with Crippen LogP contribution in [0.2, 0.25) is 0 Å². The molecule has 4 heteroatoms. The number of amidine groups is 1. The van der Waals surface area contributed by atoms with Gasteiger partial charge in [-0.15, -0.1) is 0 Å². The molecule has 0 bridgehead atoms. The molecule has 104 valence electrons. The fourth-order valence-electron chi connectivity index (χ4n) is 3.24. The summed E-state index contributed by atoms with van der Waals surface area (Å²) in [4.78, 5) is 4.55. The molecule has 3 aliphatic rings. The molecule has 0 amide bonds. The Labute approximate surface area is 120 Å². The van der Waals surface area contributed by atoms with Crippen molar-refractivity contribution in [1.82, 2.24) is 10.6 Å². The lowest BCUT2D eigenvalue weighted by Gasteiger charge is -2.37. The van der Waals surface area contributed by atoms with E-state index in [0.29, 0.717) is 17.1 Å². The van der Waals surface area contributed by atoms with Crippen LogP contribution in [0.3, 0.4) is 0 Å². The summed E-state index contributed by atoms with van der Waals surface area (Å²) in [7, 11) is 0. The molecule has 0 aromatic rings. The van der Waals surface area contributed by atoms with Crippen LogP contribution in [0.1, 0.15) is 38.5 Å². The zero-order valence-electron chi connectivity index (χ0n) is 11.2. The molecule has 0 saturated heterocycles. The predicted molar refractivity (Wildman–Crippen MR) is 80.1 cm³/mol. The predicted octanol–water partition coefficient (Wildman–Crippen LogP) is 3.14. The number of aliphatic imine (C=N–C) groups is 1. The number of hydrogen-bond donors (Lipinski definition) is 2. The van der Waals surface area contributed by atoms with Crippen LogP contribution in [-0.4, -0.2) is 17.6 Å². The molecule has 2 aliphatic carbocycles. The molecular weight excluding hydrogens is 258 g/mol. The maximum absolute atomic E-state index is 6.20. The highest BCUT2D eigenvalue weighted by Crippen LogP contribution is 2.27. The maximum Gasteiger partial charge on any atom is 0.194 e. The van der Waals surface area contributed by atoms with Crippen LogP contribution in [0.25, 0.3) is 0 Å². The van der Waals surface area contributed by atoms with Crippen LogP contribution in [0.4, 0.5) is 0 Å². The number of nitrogens with one attached hydrogen (secondary N) is 2. The fourth-order valence-corrected chi connectivity index (χ4v) is 3.47. The van der Waals surface area contributed by atoms with Crippen LogP contribution >= 0.6 is 11.6 Å². The van der Waals surface area contributed by atoms with E-state index in [4.69, 9.17) is 11.6 Å². The average molecular weight is 280 g/mol. The van der Waals surface area contributed by atoms with Crippen LogP contribution in [0.5, 0.6) is 0 Å². The minimum atomic E-state index is 0.166. The Kier molecular flexibility index (Phi) is 4.24. The van der Waals surface area contributed by atoms with E-state index < -0.39 is 0 Å². The highest BCUT2D eigenvalue weighted by atomic mass is 35.5. The van der Waals surface area contributed by atoms with Crippen molar-refractivity contribution in [3.63, 3.8) is 0 Å². The summed E-state index contributed by atoms with van der Waals surface area (Å²) in [5, 5.41) is 7.52. The van der Waals surface area contributed by atoms with Crippen molar-refractivity contribution in [2.24, 2.45) is 16.8 Å². The summed E-state index contributed by atoms with van der Waals surface area (Å²) in [5.41, 5.74) is 0. The van der Waals surface area contributed by atoms with Gasteiger partial charge in [0.05, 0.1) is 6.17 Å². The Hall–Kier alpha value is -0.800. The maximum atomic E-state index is 6.20. The third-order valence-corrected chi connectivity index (χ3v) is 4.56. The van der Waals surface area contributed by atoms with Gasteiger partial charge in [0.1, 0.15) is 6.17 Å². The van der Waals surface area contributed by atoms with Crippen molar-refractivity contribution in [2.75, 3.05) is 0 Å². The molecule has 1 aliphatic heterocycles. The van der Waals surface area contributed by atoms with Gasteiger partial charge < -0.3 is 5.32 Å². The van der Waals surface area contributed by atoms with Gasteiger partial charge in [0.25, 0.3) is 0 Å². The van der Waals surface area contributed by atoms with E-state index in [2.05, 4.69) is 39.9 Å². The molecule has 1 heterocycles. The minimum Gasteiger partial charge on any atom is -0.345 e. The third-order valence-electron chi connectivity index (χ3n) is 4.35. The number of rotatable bonds is 2. The SMILES string of the molecule is ClC1=NC(C2CC=CCC2)NC(C2C=CCCC2)N1. The molecule has 2 N–H and O–H groups in total. The number of hydrogen-bond acceptors (Lipinski definition) is 3. The van der Waals surface area contributed by atoms with Crippen molar-refractivity contribution in [3.8, 4) is 0 Å². The van der Waals surface area contributed by atoms with Gasteiger partial charge >= 0.3 is 0 Å². The van der Waals surface area contributed by atoms with Crippen molar-refractivity contribution < 1.29 is 0 Å². The van der Waals surface area contributed by atoms with Gasteiger partial charge in [-0.2, -0.15) is 0 Å². The Morgan fingerprint density at radius 2 is 2.11 bits per heavy atom.